The fraction of sp³-hybridized carbons (Fsp3) is 0.0625. The summed E-state index contributed by atoms with van der Waals surface area (Å²) in [5, 5.41) is 19.4. The number of hydrogen-bond donors (Lipinski definition) is 1. The molecule has 0 fully saturated rings. The van der Waals surface area contributed by atoms with Gasteiger partial charge in [0.2, 0.25) is 5.91 Å². The smallest absolute Gasteiger partial charge is 0.271 e. The number of thiophene rings is 1. The Morgan fingerprint density at radius 2 is 2.08 bits per heavy atom. The van der Waals surface area contributed by atoms with Gasteiger partial charge in [0.15, 0.2) is 0 Å². The zero-order valence-corrected chi connectivity index (χ0v) is 13.6. The van der Waals surface area contributed by atoms with E-state index in [1.54, 1.807) is 6.07 Å². The molecular formula is C16H12N4O4S. The van der Waals surface area contributed by atoms with Gasteiger partial charge in [-0.05, 0) is 23.6 Å². The minimum absolute atomic E-state index is 0.132. The van der Waals surface area contributed by atoms with Crippen molar-refractivity contribution in [1.82, 2.24) is 9.78 Å². The molecular weight excluding hydrogens is 344 g/mol. The van der Waals surface area contributed by atoms with Crippen LogP contribution in [0.25, 0.3) is 10.6 Å². The molecule has 8 nitrogen and oxygen atoms in total. The molecule has 0 radical (unpaired) electrons. The van der Waals surface area contributed by atoms with Crippen LogP contribution in [-0.4, -0.2) is 20.6 Å². The van der Waals surface area contributed by atoms with Gasteiger partial charge in [-0.25, -0.2) is 4.68 Å². The summed E-state index contributed by atoms with van der Waals surface area (Å²) >= 11 is 1.47. The number of nitro benzene ring substituents is 1. The van der Waals surface area contributed by atoms with Gasteiger partial charge in [-0.2, -0.15) is 5.10 Å². The van der Waals surface area contributed by atoms with Crippen LogP contribution in [0.4, 0.5) is 11.4 Å². The average Bonchev–Trinajstić information content (AvgIpc) is 3.11. The van der Waals surface area contributed by atoms with Crippen molar-refractivity contribution >= 4 is 28.6 Å². The van der Waals surface area contributed by atoms with Crippen molar-refractivity contribution in [1.29, 1.82) is 0 Å². The molecule has 0 saturated heterocycles. The average molecular weight is 356 g/mol. The summed E-state index contributed by atoms with van der Waals surface area (Å²) in [7, 11) is 0. The van der Waals surface area contributed by atoms with Gasteiger partial charge in [0.1, 0.15) is 12.2 Å². The number of benzene rings is 1. The van der Waals surface area contributed by atoms with Gasteiger partial charge in [-0.1, -0.05) is 12.1 Å². The normalized spacial score (nSPS) is 10.4. The Bertz CT molecular complexity index is 982. The lowest BCUT2D eigenvalue weighted by atomic mass is 10.3. The second-order valence-electron chi connectivity index (χ2n) is 5.05. The maximum atomic E-state index is 12.1. The van der Waals surface area contributed by atoms with Crippen LogP contribution in [0.15, 0.2) is 58.7 Å². The molecule has 3 rings (SSSR count). The summed E-state index contributed by atoms with van der Waals surface area (Å²) in [4.78, 5) is 35.1. The number of hydrogen-bond acceptors (Lipinski definition) is 6. The summed E-state index contributed by atoms with van der Waals surface area (Å²) in [6, 6.07) is 12.3. The molecule has 0 bridgehead atoms. The summed E-state index contributed by atoms with van der Waals surface area (Å²) in [6.07, 6.45) is 0. The molecule has 25 heavy (non-hydrogen) atoms. The summed E-state index contributed by atoms with van der Waals surface area (Å²) in [5.74, 6) is -0.501. The highest BCUT2D eigenvalue weighted by Gasteiger charge is 2.11. The van der Waals surface area contributed by atoms with Gasteiger partial charge >= 0.3 is 0 Å². The van der Waals surface area contributed by atoms with E-state index < -0.39 is 16.4 Å². The van der Waals surface area contributed by atoms with Crippen molar-refractivity contribution in [2.45, 2.75) is 6.54 Å². The lowest BCUT2D eigenvalue weighted by Crippen LogP contribution is -2.29. The molecule has 9 heteroatoms. The number of nitrogens with zero attached hydrogens (tertiary/aromatic N) is 3. The van der Waals surface area contributed by atoms with E-state index >= 15 is 0 Å². The van der Waals surface area contributed by atoms with Crippen molar-refractivity contribution in [3.8, 4) is 10.6 Å². The molecule has 0 unspecified atom stereocenters. The van der Waals surface area contributed by atoms with Crippen LogP contribution >= 0.6 is 11.3 Å². The third-order valence-electron chi connectivity index (χ3n) is 3.27. The minimum Gasteiger partial charge on any atom is -0.324 e. The highest BCUT2D eigenvalue weighted by molar-refractivity contribution is 7.13. The van der Waals surface area contributed by atoms with Crippen LogP contribution in [0.1, 0.15) is 0 Å². The minimum atomic E-state index is -0.549. The van der Waals surface area contributed by atoms with Crippen LogP contribution in [0.3, 0.4) is 0 Å². The van der Waals surface area contributed by atoms with Crippen LogP contribution in [0.5, 0.6) is 0 Å². The molecule has 1 aromatic carbocycles. The van der Waals surface area contributed by atoms with Gasteiger partial charge in [0.25, 0.3) is 11.2 Å². The van der Waals surface area contributed by atoms with Crippen LogP contribution in [0.2, 0.25) is 0 Å². The third kappa shape index (κ3) is 3.96. The van der Waals surface area contributed by atoms with Crippen LogP contribution in [0, 0.1) is 10.1 Å². The van der Waals surface area contributed by atoms with Crippen molar-refractivity contribution in [2.75, 3.05) is 5.32 Å². The zero-order valence-electron chi connectivity index (χ0n) is 12.8. The van der Waals surface area contributed by atoms with Gasteiger partial charge in [-0.3, -0.25) is 19.7 Å². The molecule has 1 amide bonds. The topological polar surface area (TPSA) is 107 Å². The van der Waals surface area contributed by atoms with Crippen molar-refractivity contribution in [2.24, 2.45) is 0 Å². The van der Waals surface area contributed by atoms with Crippen molar-refractivity contribution in [3.05, 3.63) is 74.4 Å². The SMILES string of the molecule is O=C(Cn1nc(-c2cccs2)ccc1=O)Nc1cccc([N+](=O)[O-])c1. The Labute approximate surface area is 145 Å². The molecule has 0 aliphatic carbocycles. The van der Waals surface area contributed by atoms with Gasteiger partial charge in [0.05, 0.1) is 9.80 Å². The Kier molecular flexibility index (Phi) is 4.66. The van der Waals surface area contributed by atoms with Gasteiger partial charge in [0, 0.05) is 23.9 Å². The highest BCUT2D eigenvalue weighted by atomic mass is 32.1. The predicted octanol–water partition coefficient (Wildman–Crippen LogP) is 2.52. The van der Waals surface area contributed by atoms with E-state index in [4.69, 9.17) is 0 Å². The fourth-order valence-electron chi connectivity index (χ4n) is 2.15. The zero-order chi connectivity index (χ0) is 17.8. The van der Waals surface area contributed by atoms with E-state index in [1.165, 1.54) is 41.7 Å². The number of non-ortho nitro benzene ring substituents is 1. The number of rotatable bonds is 5. The summed E-state index contributed by atoms with van der Waals surface area (Å²) < 4.78 is 1.06. The molecule has 0 atom stereocenters. The standard InChI is InChI=1S/C16H12N4O4S/c21-15(17-11-3-1-4-12(9-11)20(23)24)10-19-16(22)7-6-13(18-19)14-5-2-8-25-14/h1-9H,10H2,(H,17,21). The number of carbonyl (C=O) groups excluding carboxylic acids is 1. The quantitative estimate of drug-likeness (QED) is 0.558. The second kappa shape index (κ2) is 7.05. The van der Waals surface area contributed by atoms with Crippen molar-refractivity contribution < 1.29 is 9.72 Å². The Hall–Kier alpha value is -3.33. The molecule has 3 aromatic rings. The van der Waals surface area contributed by atoms with Gasteiger partial charge in [-0.15, -0.1) is 11.3 Å². The first kappa shape index (κ1) is 16.5. The maximum Gasteiger partial charge on any atom is 0.271 e. The van der Waals surface area contributed by atoms with Gasteiger partial charge < -0.3 is 5.32 Å². The number of amides is 1. The molecule has 0 saturated carbocycles. The number of aromatic nitrogens is 2. The number of carbonyl (C=O) groups is 1. The first-order chi connectivity index (χ1) is 12.0. The number of anilines is 1. The fourth-order valence-corrected chi connectivity index (χ4v) is 2.84. The largest absolute Gasteiger partial charge is 0.324 e. The molecule has 126 valence electrons. The van der Waals surface area contributed by atoms with E-state index in [0.29, 0.717) is 5.69 Å². The Balaban J connectivity index is 1.77. The molecule has 2 heterocycles. The first-order valence-corrected chi connectivity index (χ1v) is 8.07. The molecule has 0 aliphatic heterocycles. The lowest BCUT2D eigenvalue weighted by molar-refractivity contribution is -0.384. The predicted molar refractivity (Wildman–Crippen MR) is 93.5 cm³/mol. The second-order valence-corrected chi connectivity index (χ2v) is 6.00. The number of nitrogens with one attached hydrogen (secondary N) is 1. The monoisotopic (exact) mass is 356 g/mol. The molecule has 1 N–H and O–H groups in total. The van der Waals surface area contributed by atoms with E-state index in [-0.39, 0.29) is 17.9 Å². The summed E-state index contributed by atoms with van der Waals surface area (Å²) in [5.41, 5.74) is 0.335. The maximum absolute atomic E-state index is 12.1. The van der Waals surface area contributed by atoms with Crippen molar-refractivity contribution in [3.63, 3.8) is 0 Å². The van der Waals surface area contributed by atoms with E-state index in [2.05, 4.69) is 10.4 Å². The Morgan fingerprint density at radius 3 is 2.80 bits per heavy atom. The summed E-state index contributed by atoms with van der Waals surface area (Å²) in [6.45, 7) is -0.291. The molecule has 0 aliphatic rings. The van der Waals surface area contributed by atoms with Crippen LogP contribution in [-0.2, 0) is 11.3 Å². The van der Waals surface area contributed by atoms with E-state index in [9.17, 15) is 19.7 Å². The van der Waals surface area contributed by atoms with E-state index in [0.717, 1.165) is 9.56 Å². The molecule has 0 spiro atoms. The van der Waals surface area contributed by atoms with E-state index in [1.807, 2.05) is 17.5 Å². The lowest BCUT2D eigenvalue weighted by Gasteiger charge is -2.07. The first-order valence-electron chi connectivity index (χ1n) is 7.19. The Morgan fingerprint density at radius 1 is 1.24 bits per heavy atom. The van der Waals surface area contributed by atoms with Crippen LogP contribution < -0.4 is 10.9 Å². The number of nitro groups is 1. The highest BCUT2D eigenvalue weighted by Crippen LogP contribution is 2.21. The molecule has 2 aromatic heterocycles. The third-order valence-corrected chi connectivity index (χ3v) is 4.17.